The first-order valence-corrected chi connectivity index (χ1v) is 7.74. The van der Waals surface area contributed by atoms with E-state index in [1.807, 2.05) is 0 Å². The summed E-state index contributed by atoms with van der Waals surface area (Å²) in [6.07, 6.45) is -0.616. The Labute approximate surface area is 146 Å². The molecule has 3 rings (SSSR count). The molecule has 9 heteroatoms. The maximum absolute atomic E-state index is 13.8. The zero-order valence-electron chi connectivity index (χ0n) is 13.7. The predicted octanol–water partition coefficient (Wildman–Crippen LogP) is 3.60. The summed E-state index contributed by atoms with van der Waals surface area (Å²) in [5.74, 6) is -2.94. The molecule has 1 atom stereocenters. The standard InChI is InChI=1S/C17H15F3N2O4/c1-25-16-8-14(15(22(23)24)7-13(16)20)21-4-5-26-17(9-21)10-2-3-11(18)12(19)6-10/h2-3,6-8,17H,4-5,9H2,1H3. The number of methoxy groups -OCH3 is 1. The summed E-state index contributed by atoms with van der Waals surface area (Å²) in [7, 11) is 1.26. The quantitative estimate of drug-likeness (QED) is 0.609. The van der Waals surface area contributed by atoms with Crippen molar-refractivity contribution in [1.82, 2.24) is 0 Å². The minimum atomic E-state index is -1.00. The van der Waals surface area contributed by atoms with E-state index >= 15 is 0 Å². The highest BCUT2D eigenvalue weighted by Crippen LogP contribution is 2.37. The van der Waals surface area contributed by atoms with Gasteiger partial charge in [0.25, 0.3) is 5.69 Å². The lowest BCUT2D eigenvalue weighted by Gasteiger charge is -2.34. The summed E-state index contributed by atoms with van der Waals surface area (Å²) in [6, 6.07) is 5.48. The first kappa shape index (κ1) is 18.0. The summed E-state index contributed by atoms with van der Waals surface area (Å²) < 4.78 is 50.9. The fourth-order valence-electron chi connectivity index (χ4n) is 2.87. The second kappa shape index (κ2) is 7.20. The van der Waals surface area contributed by atoms with E-state index in [0.717, 1.165) is 18.2 Å². The van der Waals surface area contributed by atoms with Gasteiger partial charge in [-0.25, -0.2) is 13.2 Å². The lowest BCUT2D eigenvalue weighted by Crippen LogP contribution is -2.38. The van der Waals surface area contributed by atoms with Gasteiger partial charge in [0, 0.05) is 19.2 Å². The van der Waals surface area contributed by atoms with Crippen LogP contribution in [0.4, 0.5) is 24.5 Å². The number of benzene rings is 2. The van der Waals surface area contributed by atoms with Crippen molar-refractivity contribution in [3.05, 3.63) is 63.5 Å². The number of hydrogen-bond acceptors (Lipinski definition) is 5. The van der Waals surface area contributed by atoms with Gasteiger partial charge in [0.1, 0.15) is 11.8 Å². The molecule has 0 radical (unpaired) electrons. The van der Waals surface area contributed by atoms with Gasteiger partial charge in [0.15, 0.2) is 23.2 Å². The number of nitro groups is 1. The molecule has 0 amide bonds. The van der Waals surface area contributed by atoms with Gasteiger partial charge < -0.3 is 14.4 Å². The molecule has 1 heterocycles. The lowest BCUT2D eigenvalue weighted by molar-refractivity contribution is -0.384. The summed E-state index contributed by atoms with van der Waals surface area (Å²) in [5, 5.41) is 11.3. The fraction of sp³-hybridized carbons (Fsp3) is 0.294. The molecule has 1 fully saturated rings. The third-order valence-corrected chi connectivity index (χ3v) is 4.17. The van der Waals surface area contributed by atoms with Crippen LogP contribution in [-0.4, -0.2) is 31.7 Å². The van der Waals surface area contributed by atoms with E-state index in [0.29, 0.717) is 12.1 Å². The third kappa shape index (κ3) is 3.43. The van der Waals surface area contributed by atoms with Crippen LogP contribution in [0, 0.1) is 27.6 Å². The number of morpholine rings is 1. The smallest absolute Gasteiger partial charge is 0.295 e. The first-order valence-electron chi connectivity index (χ1n) is 7.74. The molecule has 1 aliphatic heterocycles. The molecular weight excluding hydrogens is 353 g/mol. The number of halogens is 3. The van der Waals surface area contributed by atoms with Crippen molar-refractivity contribution < 1.29 is 27.6 Å². The molecule has 0 spiro atoms. The maximum Gasteiger partial charge on any atom is 0.295 e. The second-order valence-electron chi connectivity index (χ2n) is 5.71. The van der Waals surface area contributed by atoms with Crippen LogP contribution < -0.4 is 9.64 Å². The van der Waals surface area contributed by atoms with Crippen molar-refractivity contribution in [2.24, 2.45) is 0 Å². The molecule has 1 saturated heterocycles. The average molecular weight is 368 g/mol. The van der Waals surface area contributed by atoms with Crippen molar-refractivity contribution in [3.8, 4) is 5.75 Å². The first-order chi connectivity index (χ1) is 12.4. The van der Waals surface area contributed by atoms with E-state index in [9.17, 15) is 23.3 Å². The minimum Gasteiger partial charge on any atom is -0.494 e. The number of ether oxygens (including phenoxy) is 2. The average Bonchev–Trinajstić information content (AvgIpc) is 2.63. The molecule has 0 bridgehead atoms. The second-order valence-corrected chi connectivity index (χ2v) is 5.71. The Morgan fingerprint density at radius 2 is 1.96 bits per heavy atom. The normalized spacial score (nSPS) is 17.2. The lowest BCUT2D eigenvalue weighted by atomic mass is 10.1. The molecule has 0 aliphatic carbocycles. The molecule has 2 aromatic rings. The van der Waals surface area contributed by atoms with Crippen LogP contribution in [0.1, 0.15) is 11.7 Å². The number of nitro benzene ring substituents is 1. The van der Waals surface area contributed by atoms with Crippen LogP contribution in [0.15, 0.2) is 30.3 Å². The number of anilines is 1. The van der Waals surface area contributed by atoms with Gasteiger partial charge in [-0.15, -0.1) is 0 Å². The predicted molar refractivity (Wildman–Crippen MR) is 86.9 cm³/mol. The molecule has 0 aromatic heterocycles. The Bertz CT molecular complexity index is 847. The van der Waals surface area contributed by atoms with Crippen LogP contribution in [0.2, 0.25) is 0 Å². The van der Waals surface area contributed by atoms with Crippen molar-refractivity contribution >= 4 is 11.4 Å². The number of rotatable bonds is 4. The summed E-state index contributed by atoms with van der Waals surface area (Å²) in [5.41, 5.74) is 0.170. The zero-order valence-corrected chi connectivity index (χ0v) is 13.7. The van der Waals surface area contributed by atoms with Crippen LogP contribution >= 0.6 is 0 Å². The molecule has 1 aliphatic rings. The SMILES string of the molecule is COc1cc(N2CCOC(c3ccc(F)c(F)c3)C2)c([N+](=O)[O-])cc1F. The third-order valence-electron chi connectivity index (χ3n) is 4.17. The van der Waals surface area contributed by atoms with E-state index in [-0.39, 0.29) is 24.6 Å². The highest BCUT2D eigenvalue weighted by Gasteiger charge is 2.29. The van der Waals surface area contributed by atoms with E-state index < -0.39 is 34.2 Å². The van der Waals surface area contributed by atoms with E-state index in [4.69, 9.17) is 9.47 Å². The van der Waals surface area contributed by atoms with Crippen LogP contribution in [0.5, 0.6) is 5.75 Å². The van der Waals surface area contributed by atoms with Gasteiger partial charge in [0.2, 0.25) is 0 Å². The van der Waals surface area contributed by atoms with E-state index in [1.54, 1.807) is 4.90 Å². The van der Waals surface area contributed by atoms with Crippen LogP contribution in [0.3, 0.4) is 0 Å². The van der Waals surface area contributed by atoms with Gasteiger partial charge >= 0.3 is 0 Å². The van der Waals surface area contributed by atoms with E-state index in [2.05, 4.69) is 0 Å². The molecule has 6 nitrogen and oxygen atoms in total. The Morgan fingerprint density at radius 3 is 2.62 bits per heavy atom. The molecule has 0 N–H and O–H groups in total. The Balaban J connectivity index is 1.94. The molecule has 2 aromatic carbocycles. The Morgan fingerprint density at radius 1 is 1.19 bits per heavy atom. The molecule has 1 unspecified atom stereocenters. The monoisotopic (exact) mass is 368 g/mol. The van der Waals surface area contributed by atoms with Crippen molar-refractivity contribution in [1.29, 1.82) is 0 Å². The van der Waals surface area contributed by atoms with Crippen molar-refractivity contribution in [2.75, 3.05) is 31.7 Å². The molecular formula is C17H15F3N2O4. The van der Waals surface area contributed by atoms with Gasteiger partial charge in [0.05, 0.1) is 24.7 Å². The van der Waals surface area contributed by atoms with Crippen molar-refractivity contribution in [2.45, 2.75) is 6.10 Å². The van der Waals surface area contributed by atoms with Crippen molar-refractivity contribution in [3.63, 3.8) is 0 Å². The fourth-order valence-corrected chi connectivity index (χ4v) is 2.87. The summed E-state index contributed by atoms with van der Waals surface area (Å²) in [4.78, 5) is 12.3. The Kier molecular flexibility index (Phi) is 4.99. The maximum atomic E-state index is 13.8. The Hall–Kier alpha value is -2.81. The summed E-state index contributed by atoms with van der Waals surface area (Å²) in [6.45, 7) is 0.678. The number of nitrogens with zero attached hydrogens (tertiary/aromatic N) is 2. The topological polar surface area (TPSA) is 64.8 Å². The zero-order chi connectivity index (χ0) is 18.8. The van der Waals surface area contributed by atoms with Crippen LogP contribution in [-0.2, 0) is 4.74 Å². The van der Waals surface area contributed by atoms with Gasteiger partial charge in [-0.3, -0.25) is 10.1 Å². The summed E-state index contributed by atoms with van der Waals surface area (Å²) >= 11 is 0. The van der Waals surface area contributed by atoms with Gasteiger partial charge in [-0.2, -0.15) is 0 Å². The van der Waals surface area contributed by atoms with E-state index in [1.165, 1.54) is 19.2 Å². The van der Waals surface area contributed by atoms with Gasteiger partial charge in [-0.05, 0) is 17.7 Å². The molecule has 26 heavy (non-hydrogen) atoms. The van der Waals surface area contributed by atoms with Crippen LogP contribution in [0.25, 0.3) is 0 Å². The highest BCUT2D eigenvalue weighted by molar-refractivity contribution is 5.66. The molecule has 0 saturated carbocycles. The minimum absolute atomic E-state index is 0.124. The molecule has 138 valence electrons. The highest BCUT2D eigenvalue weighted by atomic mass is 19.2. The van der Waals surface area contributed by atoms with Gasteiger partial charge in [-0.1, -0.05) is 6.07 Å². The largest absolute Gasteiger partial charge is 0.494 e. The number of hydrogen-bond donors (Lipinski definition) is 0.